The summed E-state index contributed by atoms with van der Waals surface area (Å²) in [5.41, 5.74) is 3.12. The summed E-state index contributed by atoms with van der Waals surface area (Å²) in [6.07, 6.45) is 0. The Hall–Kier alpha value is -2.10. The summed E-state index contributed by atoms with van der Waals surface area (Å²) in [7, 11) is 0. The van der Waals surface area contributed by atoms with Crippen molar-refractivity contribution >= 4 is 5.97 Å². The highest BCUT2D eigenvalue weighted by molar-refractivity contribution is 5.85. The molecular formula is C16H20N2O2. The van der Waals surface area contributed by atoms with Crippen LogP contribution in [0.1, 0.15) is 61.3 Å². The molecule has 4 heteroatoms. The van der Waals surface area contributed by atoms with Gasteiger partial charge in [0.15, 0.2) is 5.69 Å². The number of carboxylic acids is 1. The highest BCUT2D eigenvalue weighted by Gasteiger charge is 2.18. The summed E-state index contributed by atoms with van der Waals surface area (Å²) in [6.45, 7) is 8.32. The maximum atomic E-state index is 11.2. The number of aromatic nitrogens is 2. The van der Waals surface area contributed by atoms with E-state index < -0.39 is 5.97 Å². The Balaban J connectivity index is 2.66. The molecular weight excluding hydrogens is 252 g/mol. The molecule has 1 aromatic heterocycles. The molecule has 2 rings (SSSR count). The van der Waals surface area contributed by atoms with Crippen molar-refractivity contribution in [3.05, 3.63) is 47.3 Å². The molecule has 1 heterocycles. The molecule has 2 aromatic rings. The molecule has 106 valence electrons. The molecule has 0 bridgehead atoms. The van der Waals surface area contributed by atoms with Crippen molar-refractivity contribution in [1.82, 2.24) is 9.78 Å². The molecule has 0 amide bonds. The highest BCUT2D eigenvalue weighted by atomic mass is 16.4. The summed E-state index contributed by atoms with van der Waals surface area (Å²) < 4.78 is 1.77. The SMILES string of the molecule is CC(C)c1ccccc1-n1nc(C(=O)O)cc1C(C)C. The first-order valence-corrected chi connectivity index (χ1v) is 6.84. The van der Waals surface area contributed by atoms with Crippen molar-refractivity contribution in [2.24, 2.45) is 0 Å². The minimum Gasteiger partial charge on any atom is -0.476 e. The largest absolute Gasteiger partial charge is 0.476 e. The van der Waals surface area contributed by atoms with Gasteiger partial charge in [0.05, 0.1) is 5.69 Å². The first kappa shape index (κ1) is 14.3. The number of nitrogens with zero attached hydrogens (tertiary/aromatic N) is 2. The van der Waals surface area contributed by atoms with Crippen molar-refractivity contribution in [3.63, 3.8) is 0 Å². The second-order valence-electron chi connectivity index (χ2n) is 5.54. The van der Waals surface area contributed by atoms with E-state index in [1.807, 2.05) is 32.0 Å². The van der Waals surface area contributed by atoms with Gasteiger partial charge in [-0.15, -0.1) is 0 Å². The van der Waals surface area contributed by atoms with Crippen LogP contribution in [0, 0.1) is 0 Å². The molecule has 4 nitrogen and oxygen atoms in total. The van der Waals surface area contributed by atoms with E-state index in [4.69, 9.17) is 5.11 Å². The van der Waals surface area contributed by atoms with Crippen LogP contribution in [0.3, 0.4) is 0 Å². The molecule has 0 aliphatic rings. The average molecular weight is 272 g/mol. The zero-order chi connectivity index (χ0) is 14.9. The maximum Gasteiger partial charge on any atom is 0.356 e. The van der Waals surface area contributed by atoms with Crippen molar-refractivity contribution in [2.75, 3.05) is 0 Å². The van der Waals surface area contributed by atoms with Gasteiger partial charge in [0.1, 0.15) is 0 Å². The van der Waals surface area contributed by atoms with E-state index in [0.717, 1.165) is 16.9 Å². The van der Waals surface area contributed by atoms with E-state index in [2.05, 4.69) is 25.0 Å². The average Bonchev–Trinajstić information content (AvgIpc) is 2.83. The van der Waals surface area contributed by atoms with Gasteiger partial charge in [-0.1, -0.05) is 45.9 Å². The van der Waals surface area contributed by atoms with Gasteiger partial charge in [0.25, 0.3) is 0 Å². The van der Waals surface area contributed by atoms with Gasteiger partial charge in [-0.3, -0.25) is 0 Å². The lowest BCUT2D eigenvalue weighted by atomic mass is 10.0. The van der Waals surface area contributed by atoms with Crippen LogP contribution in [-0.4, -0.2) is 20.9 Å². The van der Waals surface area contributed by atoms with Gasteiger partial charge >= 0.3 is 5.97 Å². The van der Waals surface area contributed by atoms with Crippen molar-refractivity contribution in [1.29, 1.82) is 0 Å². The Labute approximate surface area is 119 Å². The fraction of sp³-hybridized carbons (Fsp3) is 0.375. The maximum absolute atomic E-state index is 11.2. The van der Waals surface area contributed by atoms with E-state index in [1.165, 1.54) is 0 Å². The van der Waals surface area contributed by atoms with Crippen LogP contribution in [0.5, 0.6) is 0 Å². The Morgan fingerprint density at radius 3 is 2.35 bits per heavy atom. The summed E-state index contributed by atoms with van der Waals surface area (Å²) in [6, 6.07) is 9.65. The number of hydrogen-bond donors (Lipinski definition) is 1. The molecule has 20 heavy (non-hydrogen) atoms. The van der Waals surface area contributed by atoms with E-state index in [1.54, 1.807) is 10.7 Å². The fourth-order valence-corrected chi connectivity index (χ4v) is 2.27. The van der Waals surface area contributed by atoms with E-state index >= 15 is 0 Å². The summed E-state index contributed by atoms with van der Waals surface area (Å²) in [5.74, 6) is -0.438. The molecule has 0 radical (unpaired) electrons. The topological polar surface area (TPSA) is 55.1 Å². The van der Waals surface area contributed by atoms with Crippen LogP contribution in [0.15, 0.2) is 30.3 Å². The monoisotopic (exact) mass is 272 g/mol. The quantitative estimate of drug-likeness (QED) is 0.920. The lowest BCUT2D eigenvalue weighted by Gasteiger charge is -2.16. The van der Waals surface area contributed by atoms with Gasteiger partial charge in [-0.2, -0.15) is 5.10 Å². The molecule has 1 N–H and O–H groups in total. The number of carboxylic acid groups (broad SMARTS) is 1. The number of carbonyl (C=O) groups is 1. The number of benzene rings is 1. The lowest BCUT2D eigenvalue weighted by Crippen LogP contribution is -2.08. The number of aromatic carboxylic acids is 1. The zero-order valence-electron chi connectivity index (χ0n) is 12.3. The standard InChI is InChI=1S/C16H20N2O2/c1-10(2)12-7-5-6-8-14(12)18-15(11(3)4)9-13(17-18)16(19)20/h5-11H,1-4H3,(H,19,20). The Bertz CT molecular complexity index is 627. The predicted octanol–water partition coefficient (Wildman–Crippen LogP) is 3.82. The Morgan fingerprint density at radius 2 is 1.80 bits per heavy atom. The molecule has 0 aliphatic carbocycles. The predicted molar refractivity (Wildman–Crippen MR) is 78.7 cm³/mol. The van der Waals surface area contributed by atoms with E-state index in [0.29, 0.717) is 5.92 Å². The summed E-state index contributed by atoms with van der Waals surface area (Å²) in [5, 5.41) is 13.4. The van der Waals surface area contributed by atoms with E-state index in [9.17, 15) is 4.79 Å². The van der Waals surface area contributed by atoms with Crippen LogP contribution in [0.2, 0.25) is 0 Å². The molecule has 0 saturated heterocycles. The fourth-order valence-electron chi connectivity index (χ4n) is 2.27. The molecule has 0 aliphatic heterocycles. The van der Waals surface area contributed by atoms with Crippen LogP contribution < -0.4 is 0 Å². The summed E-state index contributed by atoms with van der Waals surface area (Å²) >= 11 is 0. The third kappa shape index (κ3) is 2.59. The third-order valence-corrected chi connectivity index (χ3v) is 3.33. The third-order valence-electron chi connectivity index (χ3n) is 3.33. The van der Waals surface area contributed by atoms with Gasteiger partial charge in [0, 0.05) is 5.69 Å². The molecule has 0 fully saturated rings. The van der Waals surface area contributed by atoms with Crippen molar-refractivity contribution in [3.8, 4) is 5.69 Å². The molecule has 0 atom stereocenters. The zero-order valence-corrected chi connectivity index (χ0v) is 12.3. The minimum absolute atomic E-state index is 0.0901. The second kappa shape index (κ2) is 5.49. The van der Waals surface area contributed by atoms with Crippen LogP contribution in [0.4, 0.5) is 0 Å². The Kier molecular flexibility index (Phi) is 3.93. The Morgan fingerprint density at radius 1 is 1.15 bits per heavy atom. The van der Waals surface area contributed by atoms with Gasteiger partial charge < -0.3 is 5.11 Å². The molecule has 0 saturated carbocycles. The smallest absolute Gasteiger partial charge is 0.356 e. The lowest BCUT2D eigenvalue weighted by molar-refractivity contribution is 0.0690. The van der Waals surface area contributed by atoms with Crippen molar-refractivity contribution in [2.45, 2.75) is 39.5 Å². The normalized spacial score (nSPS) is 11.3. The first-order chi connectivity index (χ1) is 9.41. The first-order valence-electron chi connectivity index (χ1n) is 6.84. The highest BCUT2D eigenvalue weighted by Crippen LogP contribution is 2.26. The van der Waals surface area contributed by atoms with Gasteiger partial charge in [-0.05, 0) is 29.5 Å². The van der Waals surface area contributed by atoms with Gasteiger partial charge in [0.2, 0.25) is 0 Å². The van der Waals surface area contributed by atoms with Crippen LogP contribution in [0.25, 0.3) is 5.69 Å². The molecule has 1 aromatic carbocycles. The number of hydrogen-bond acceptors (Lipinski definition) is 2. The summed E-state index contributed by atoms with van der Waals surface area (Å²) in [4.78, 5) is 11.2. The number of para-hydroxylation sites is 1. The van der Waals surface area contributed by atoms with Crippen molar-refractivity contribution < 1.29 is 9.90 Å². The van der Waals surface area contributed by atoms with Gasteiger partial charge in [-0.25, -0.2) is 9.48 Å². The minimum atomic E-state index is -0.993. The molecule has 0 spiro atoms. The van der Waals surface area contributed by atoms with Crippen LogP contribution in [-0.2, 0) is 0 Å². The number of rotatable bonds is 4. The van der Waals surface area contributed by atoms with E-state index in [-0.39, 0.29) is 11.6 Å². The van der Waals surface area contributed by atoms with Crippen LogP contribution >= 0.6 is 0 Å². The second-order valence-corrected chi connectivity index (χ2v) is 5.54. The molecule has 0 unspecified atom stereocenters.